The molecule has 0 saturated carbocycles. The average Bonchev–Trinajstić information content (AvgIpc) is 2.93. The van der Waals surface area contributed by atoms with Crippen LogP contribution in [0.25, 0.3) is 0 Å². The van der Waals surface area contributed by atoms with Crippen molar-refractivity contribution < 1.29 is 4.74 Å². The predicted octanol–water partition coefficient (Wildman–Crippen LogP) is 4.23. The molecule has 1 atom stereocenters. The molecule has 0 radical (unpaired) electrons. The Balaban J connectivity index is 1.73. The van der Waals surface area contributed by atoms with Gasteiger partial charge in [-0.05, 0) is 30.2 Å². The molecule has 2 aromatic rings. The van der Waals surface area contributed by atoms with Gasteiger partial charge in [0.15, 0.2) is 0 Å². The molecule has 0 aromatic heterocycles. The lowest BCUT2D eigenvalue weighted by molar-refractivity contribution is 0.351. The fraction of sp³-hybridized carbons (Fsp3) is 0.294. The molecule has 0 spiro atoms. The minimum Gasteiger partial charge on any atom is -0.493 e. The summed E-state index contributed by atoms with van der Waals surface area (Å²) >= 11 is 3.58. The maximum atomic E-state index is 5.76. The third-order valence-corrected chi connectivity index (χ3v) is 4.18. The molecule has 3 heteroatoms. The van der Waals surface area contributed by atoms with Crippen molar-refractivity contribution in [3.63, 3.8) is 0 Å². The van der Waals surface area contributed by atoms with Crippen molar-refractivity contribution in [2.24, 2.45) is 0 Å². The zero-order valence-corrected chi connectivity index (χ0v) is 13.1. The Hall–Kier alpha value is -1.32. The Morgan fingerprint density at radius 1 is 1.25 bits per heavy atom. The van der Waals surface area contributed by atoms with Crippen LogP contribution in [0.15, 0.2) is 46.9 Å². The van der Waals surface area contributed by atoms with Crippen molar-refractivity contribution in [2.45, 2.75) is 25.9 Å². The Morgan fingerprint density at radius 3 is 2.85 bits per heavy atom. The number of ether oxygens (including phenoxy) is 1. The van der Waals surface area contributed by atoms with Gasteiger partial charge >= 0.3 is 0 Å². The summed E-state index contributed by atoms with van der Waals surface area (Å²) in [6.45, 7) is 3.80. The first-order chi connectivity index (χ1) is 9.74. The molecule has 0 bridgehead atoms. The molecule has 3 rings (SSSR count). The van der Waals surface area contributed by atoms with Crippen molar-refractivity contribution >= 4 is 15.9 Å². The first kappa shape index (κ1) is 13.7. The molecule has 20 heavy (non-hydrogen) atoms. The van der Waals surface area contributed by atoms with Gasteiger partial charge in [0.1, 0.15) is 5.75 Å². The molecule has 2 nitrogen and oxygen atoms in total. The first-order valence-corrected chi connectivity index (χ1v) is 7.76. The van der Waals surface area contributed by atoms with Crippen LogP contribution in [0.2, 0.25) is 0 Å². The van der Waals surface area contributed by atoms with E-state index in [1.807, 2.05) is 6.07 Å². The highest BCUT2D eigenvalue weighted by Gasteiger charge is 2.17. The van der Waals surface area contributed by atoms with E-state index in [0.29, 0.717) is 6.04 Å². The molecular weight excluding hydrogens is 314 g/mol. The molecule has 1 aliphatic rings. The zero-order valence-electron chi connectivity index (χ0n) is 11.5. The number of hydrogen-bond donors (Lipinski definition) is 1. The van der Waals surface area contributed by atoms with Crippen molar-refractivity contribution in [3.05, 3.63) is 63.6 Å². The van der Waals surface area contributed by atoms with E-state index in [4.69, 9.17) is 4.74 Å². The summed E-state index contributed by atoms with van der Waals surface area (Å²) in [5.41, 5.74) is 3.85. The molecule has 0 fully saturated rings. The van der Waals surface area contributed by atoms with E-state index >= 15 is 0 Å². The van der Waals surface area contributed by atoms with E-state index in [0.717, 1.165) is 29.8 Å². The molecule has 2 aromatic carbocycles. The zero-order chi connectivity index (χ0) is 13.9. The van der Waals surface area contributed by atoms with Crippen molar-refractivity contribution in [3.8, 4) is 5.75 Å². The maximum absolute atomic E-state index is 5.76. The highest BCUT2D eigenvalue weighted by molar-refractivity contribution is 9.10. The Morgan fingerprint density at radius 2 is 2.05 bits per heavy atom. The van der Waals surface area contributed by atoms with Gasteiger partial charge in [-0.1, -0.05) is 46.3 Å². The van der Waals surface area contributed by atoms with E-state index in [2.05, 4.69) is 64.6 Å². The summed E-state index contributed by atoms with van der Waals surface area (Å²) in [5, 5.41) is 3.57. The summed E-state index contributed by atoms with van der Waals surface area (Å²) in [6.07, 6.45) is 1.01. The van der Waals surface area contributed by atoms with E-state index in [-0.39, 0.29) is 0 Å². The second-order valence-corrected chi connectivity index (χ2v) is 6.08. The van der Waals surface area contributed by atoms with Gasteiger partial charge in [0.05, 0.1) is 6.61 Å². The fourth-order valence-corrected chi connectivity index (χ4v) is 3.15. The van der Waals surface area contributed by atoms with Crippen LogP contribution in [0.4, 0.5) is 0 Å². The summed E-state index contributed by atoms with van der Waals surface area (Å²) in [4.78, 5) is 0. The van der Waals surface area contributed by atoms with Crippen LogP contribution in [0.5, 0.6) is 5.75 Å². The van der Waals surface area contributed by atoms with Gasteiger partial charge in [0, 0.05) is 29.0 Å². The molecule has 0 amide bonds. The highest BCUT2D eigenvalue weighted by Crippen LogP contribution is 2.33. The molecular formula is C17H18BrNO. The fourth-order valence-electron chi connectivity index (χ4n) is 2.60. The number of hydrogen-bond acceptors (Lipinski definition) is 2. The minimum absolute atomic E-state index is 0.326. The number of rotatable bonds is 4. The quantitative estimate of drug-likeness (QED) is 0.904. The second-order valence-electron chi connectivity index (χ2n) is 5.16. The van der Waals surface area contributed by atoms with Crippen LogP contribution in [-0.2, 0) is 13.0 Å². The average molecular weight is 332 g/mol. The Labute approximate surface area is 128 Å². The summed E-state index contributed by atoms with van der Waals surface area (Å²) in [5.74, 6) is 1.07. The highest BCUT2D eigenvalue weighted by atomic mass is 79.9. The minimum atomic E-state index is 0.326. The van der Waals surface area contributed by atoms with E-state index < -0.39 is 0 Å². The predicted molar refractivity (Wildman–Crippen MR) is 85.0 cm³/mol. The molecule has 0 saturated heterocycles. The topological polar surface area (TPSA) is 21.3 Å². The number of halogens is 1. The van der Waals surface area contributed by atoms with Gasteiger partial charge < -0.3 is 10.1 Å². The molecule has 0 aliphatic carbocycles. The van der Waals surface area contributed by atoms with Gasteiger partial charge in [-0.3, -0.25) is 0 Å². The monoisotopic (exact) mass is 331 g/mol. The van der Waals surface area contributed by atoms with Crippen LogP contribution < -0.4 is 10.1 Å². The van der Waals surface area contributed by atoms with Crippen molar-refractivity contribution in [1.29, 1.82) is 0 Å². The summed E-state index contributed by atoms with van der Waals surface area (Å²) in [6, 6.07) is 15.1. The number of nitrogens with one attached hydrogen (secondary N) is 1. The first-order valence-electron chi connectivity index (χ1n) is 6.96. The largest absolute Gasteiger partial charge is 0.493 e. The summed E-state index contributed by atoms with van der Waals surface area (Å²) < 4.78 is 6.89. The van der Waals surface area contributed by atoms with Gasteiger partial charge in [0.2, 0.25) is 0 Å². The van der Waals surface area contributed by atoms with Crippen LogP contribution in [0, 0.1) is 0 Å². The molecule has 104 valence electrons. The van der Waals surface area contributed by atoms with E-state index in [1.54, 1.807) is 0 Å². The Bertz CT molecular complexity index is 597. The molecule has 1 aliphatic heterocycles. The van der Waals surface area contributed by atoms with Crippen molar-refractivity contribution in [1.82, 2.24) is 5.32 Å². The third kappa shape index (κ3) is 2.89. The lowest BCUT2D eigenvalue weighted by Crippen LogP contribution is -2.18. The molecule has 1 unspecified atom stereocenters. The molecule has 1 N–H and O–H groups in total. The van der Waals surface area contributed by atoms with Gasteiger partial charge in [-0.15, -0.1) is 0 Å². The van der Waals surface area contributed by atoms with Gasteiger partial charge in [-0.2, -0.15) is 0 Å². The standard InChI is InChI=1S/C17H18BrNO/c1-12(13-5-3-2-4-6-13)19-11-15-10-16(18)9-14-7-8-20-17(14)15/h2-6,9-10,12,19H,7-8,11H2,1H3. The second kappa shape index (κ2) is 5.98. The van der Waals surface area contributed by atoms with Gasteiger partial charge in [0.25, 0.3) is 0 Å². The van der Waals surface area contributed by atoms with Crippen LogP contribution in [-0.4, -0.2) is 6.61 Å². The van der Waals surface area contributed by atoms with Crippen LogP contribution >= 0.6 is 15.9 Å². The normalized spacial score (nSPS) is 14.7. The van der Waals surface area contributed by atoms with Crippen LogP contribution in [0.1, 0.15) is 29.7 Å². The lowest BCUT2D eigenvalue weighted by atomic mass is 10.1. The molecule has 1 heterocycles. The van der Waals surface area contributed by atoms with E-state index in [1.165, 1.54) is 16.7 Å². The van der Waals surface area contributed by atoms with E-state index in [9.17, 15) is 0 Å². The summed E-state index contributed by atoms with van der Waals surface area (Å²) in [7, 11) is 0. The maximum Gasteiger partial charge on any atom is 0.127 e. The van der Waals surface area contributed by atoms with Gasteiger partial charge in [-0.25, -0.2) is 0 Å². The lowest BCUT2D eigenvalue weighted by Gasteiger charge is -2.16. The number of benzene rings is 2. The number of fused-ring (bicyclic) bond motifs is 1. The Kier molecular flexibility index (Phi) is 4.08. The third-order valence-electron chi connectivity index (χ3n) is 3.72. The van der Waals surface area contributed by atoms with Crippen LogP contribution in [0.3, 0.4) is 0 Å². The van der Waals surface area contributed by atoms with Crippen molar-refractivity contribution in [2.75, 3.05) is 6.61 Å². The smallest absolute Gasteiger partial charge is 0.127 e. The SMILES string of the molecule is CC(NCc1cc(Br)cc2c1OCC2)c1ccccc1.